The summed E-state index contributed by atoms with van der Waals surface area (Å²) in [5.74, 6) is -4.66. The Morgan fingerprint density at radius 3 is 2.67 bits per heavy atom. The number of halogens is 4. The molecular formula is C25H17ClF3N6O4S-. The van der Waals surface area contributed by atoms with Crippen LogP contribution < -0.4 is 14.4 Å². The molecule has 206 valence electrons. The second kappa shape index (κ2) is 10.8. The molecule has 4 aromatic rings. The number of hydrogen-bond donors (Lipinski definition) is 2. The summed E-state index contributed by atoms with van der Waals surface area (Å²) in [7, 11) is 1.20. The van der Waals surface area contributed by atoms with E-state index >= 15 is 13.2 Å². The van der Waals surface area contributed by atoms with Gasteiger partial charge in [0.25, 0.3) is 5.91 Å². The third kappa shape index (κ3) is 4.83. The fourth-order valence-corrected chi connectivity index (χ4v) is 5.01. The van der Waals surface area contributed by atoms with Crippen LogP contribution in [-0.2, 0) is 11.3 Å². The summed E-state index contributed by atoms with van der Waals surface area (Å²) in [6, 6.07) is 6.34. The van der Waals surface area contributed by atoms with Gasteiger partial charge in [-0.2, -0.15) is 10.4 Å². The summed E-state index contributed by atoms with van der Waals surface area (Å²) in [5.41, 5.74) is -2.93. The predicted molar refractivity (Wildman–Crippen MR) is 138 cm³/mol. The third-order valence-corrected chi connectivity index (χ3v) is 7.23. The number of aromatic nitrogens is 3. The van der Waals surface area contributed by atoms with Crippen molar-refractivity contribution in [3.05, 3.63) is 64.7 Å². The largest absolute Gasteiger partial charge is 0.755 e. The number of H-pyrrole nitrogens is 1. The predicted octanol–water partition coefficient (Wildman–Crippen LogP) is 4.67. The molecule has 1 fully saturated rings. The highest BCUT2D eigenvalue weighted by atomic mass is 35.5. The molecule has 10 nitrogen and oxygen atoms in total. The van der Waals surface area contributed by atoms with Gasteiger partial charge in [-0.3, -0.25) is 18.4 Å². The maximum atomic E-state index is 15.9. The number of aromatic amines is 1. The van der Waals surface area contributed by atoms with E-state index in [0.717, 1.165) is 37.1 Å². The highest BCUT2D eigenvalue weighted by molar-refractivity contribution is 7.81. The van der Waals surface area contributed by atoms with Gasteiger partial charge in [-0.1, -0.05) is 17.7 Å². The van der Waals surface area contributed by atoms with Crippen molar-refractivity contribution in [1.82, 2.24) is 20.5 Å². The van der Waals surface area contributed by atoms with Crippen molar-refractivity contribution in [2.75, 3.05) is 11.4 Å². The number of nitrogens with one attached hydrogen (secondary N) is 2. The SMILES string of the molecule is COc1ncc(Cl)cc1N(c1ccc(F)c(-c2ccc3c(C(=O)NC(C#N)C4CC4)[nH]nc3c2F)c1F)S(=O)[O-]. The van der Waals surface area contributed by atoms with Crippen LogP contribution in [0.5, 0.6) is 5.88 Å². The number of pyridine rings is 1. The lowest BCUT2D eigenvalue weighted by Gasteiger charge is -2.28. The van der Waals surface area contributed by atoms with Crippen molar-refractivity contribution >= 4 is 51.1 Å². The van der Waals surface area contributed by atoms with Crippen molar-refractivity contribution in [3.8, 4) is 23.1 Å². The molecule has 0 spiro atoms. The van der Waals surface area contributed by atoms with E-state index in [-0.39, 0.29) is 33.6 Å². The van der Waals surface area contributed by atoms with E-state index in [9.17, 15) is 18.8 Å². The van der Waals surface area contributed by atoms with Crippen LogP contribution >= 0.6 is 11.6 Å². The zero-order valence-electron chi connectivity index (χ0n) is 20.4. The molecule has 0 saturated heterocycles. The highest BCUT2D eigenvalue weighted by Crippen LogP contribution is 2.41. The quantitative estimate of drug-likeness (QED) is 0.284. The van der Waals surface area contributed by atoms with Crippen LogP contribution in [0.3, 0.4) is 0 Å². The standard InChI is InChI=1S/C25H18ClF3N6O4S/c1-39-25-18(8-12(26)10-31-25)35(40(37)38)17-7-6-15(27)19(21(17)29)13-4-5-14-22(20(13)28)33-34-23(14)24(36)32-16(9-30)11-2-3-11/h4-8,10-11,16H,2-3H2,1H3,(H,32,36)(H,33,34)(H,37,38)/p-1. The van der Waals surface area contributed by atoms with Gasteiger partial charge in [-0.05, 0) is 43.0 Å². The Bertz CT molecular complexity index is 1730. The van der Waals surface area contributed by atoms with Gasteiger partial charge in [0.2, 0.25) is 5.88 Å². The van der Waals surface area contributed by atoms with E-state index in [1.807, 2.05) is 6.07 Å². The maximum Gasteiger partial charge on any atom is 0.270 e. The van der Waals surface area contributed by atoms with Gasteiger partial charge >= 0.3 is 0 Å². The molecule has 15 heteroatoms. The minimum Gasteiger partial charge on any atom is -0.755 e. The summed E-state index contributed by atoms with van der Waals surface area (Å²) in [6.45, 7) is 0. The summed E-state index contributed by atoms with van der Waals surface area (Å²) >= 11 is 2.78. The molecule has 2 heterocycles. The van der Waals surface area contributed by atoms with Crippen LogP contribution in [0.4, 0.5) is 24.5 Å². The number of nitrogens with zero attached hydrogens (tertiary/aromatic N) is 4. The van der Waals surface area contributed by atoms with Crippen LogP contribution in [0.2, 0.25) is 5.02 Å². The monoisotopic (exact) mass is 589 g/mol. The Hall–Kier alpha value is -4.19. The fourth-order valence-electron chi connectivity index (χ4n) is 4.27. The lowest BCUT2D eigenvalue weighted by Crippen LogP contribution is -2.35. The Kier molecular flexibility index (Phi) is 7.37. The van der Waals surface area contributed by atoms with E-state index in [0.29, 0.717) is 4.31 Å². The molecule has 2 aromatic heterocycles. The van der Waals surface area contributed by atoms with E-state index in [1.165, 1.54) is 19.4 Å². The van der Waals surface area contributed by atoms with Gasteiger partial charge in [0, 0.05) is 17.1 Å². The van der Waals surface area contributed by atoms with E-state index < -0.39 is 63.0 Å². The Morgan fingerprint density at radius 1 is 1.27 bits per heavy atom. The molecule has 2 atom stereocenters. The molecule has 0 radical (unpaired) electrons. The molecule has 2 aromatic carbocycles. The number of anilines is 2. The van der Waals surface area contributed by atoms with Crippen LogP contribution in [0.1, 0.15) is 23.3 Å². The smallest absolute Gasteiger partial charge is 0.270 e. The second-order valence-electron chi connectivity index (χ2n) is 8.79. The number of hydrogen-bond acceptors (Lipinski definition) is 7. The van der Waals surface area contributed by atoms with Gasteiger partial charge in [0.05, 0.1) is 40.7 Å². The number of benzene rings is 2. The lowest BCUT2D eigenvalue weighted by atomic mass is 10.0. The first-order valence-electron chi connectivity index (χ1n) is 11.6. The summed E-state index contributed by atoms with van der Waals surface area (Å²) in [6.07, 6.45) is 2.78. The molecule has 1 aliphatic carbocycles. The number of rotatable bonds is 8. The molecule has 0 bridgehead atoms. The molecule has 1 amide bonds. The molecule has 0 aliphatic heterocycles. The number of amides is 1. The summed E-state index contributed by atoms with van der Waals surface area (Å²) < 4.78 is 76.5. The molecule has 1 saturated carbocycles. The van der Waals surface area contributed by atoms with Crippen molar-refractivity contribution in [1.29, 1.82) is 5.26 Å². The first-order chi connectivity index (χ1) is 19.2. The summed E-state index contributed by atoms with van der Waals surface area (Å²) in [5, 5.41) is 18.1. The minimum absolute atomic E-state index is 0.00193. The maximum absolute atomic E-state index is 15.9. The van der Waals surface area contributed by atoms with Gasteiger partial charge in [-0.15, -0.1) is 0 Å². The van der Waals surface area contributed by atoms with E-state index in [4.69, 9.17) is 16.3 Å². The molecular weight excluding hydrogens is 573 g/mol. The highest BCUT2D eigenvalue weighted by Gasteiger charge is 2.33. The van der Waals surface area contributed by atoms with Crippen molar-refractivity contribution in [2.24, 2.45) is 5.92 Å². The van der Waals surface area contributed by atoms with Crippen LogP contribution in [0.25, 0.3) is 22.0 Å². The molecule has 1 aliphatic rings. The molecule has 40 heavy (non-hydrogen) atoms. The van der Waals surface area contributed by atoms with Gasteiger partial charge < -0.3 is 14.6 Å². The van der Waals surface area contributed by atoms with Crippen molar-refractivity contribution in [2.45, 2.75) is 18.9 Å². The van der Waals surface area contributed by atoms with E-state index in [2.05, 4.69) is 20.5 Å². The Labute approximate surface area is 232 Å². The number of ether oxygens (including phenoxy) is 1. The molecule has 2 N–H and O–H groups in total. The second-order valence-corrected chi connectivity index (χ2v) is 10.0. The normalized spacial score (nSPS) is 14.4. The first kappa shape index (κ1) is 27.4. The fraction of sp³-hybridized carbons (Fsp3) is 0.200. The Morgan fingerprint density at radius 2 is 2.02 bits per heavy atom. The minimum atomic E-state index is -3.18. The molecule has 5 rings (SSSR count). The Balaban J connectivity index is 1.60. The lowest BCUT2D eigenvalue weighted by molar-refractivity contribution is 0.0938. The molecule has 2 unspecified atom stereocenters. The van der Waals surface area contributed by atoms with Gasteiger partial charge in [0.1, 0.15) is 28.8 Å². The average Bonchev–Trinajstić information content (AvgIpc) is 3.67. The van der Waals surface area contributed by atoms with E-state index in [1.54, 1.807) is 0 Å². The van der Waals surface area contributed by atoms with Crippen LogP contribution in [0, 0.1) is 34.7 Å². The number of carbonyl (C=O) groups is 1. The third-order valence-electron chi connectivity index (χ3n) is 6.33. The first-order valence-corrected chi connectivity index (χ1v) is 13.0. The van der Waals surface area contributed by atoms with Crippen LogP contribution in [0.15, 0.2) is 36.5 Å². The van der Waals surface area contributed by atoms with Gasteiger partial charge in [-0.25, -0.2) is 18.2 Å². The van der Waals surface area contributed by atoms with Gasteiger partial charge in [0.15, 0.2) is 11.6 Å². The van der Waals surface area contributed by atoms with Crippen molar-refractivity contribution < 1.29 is 31.5 Å². The summed E-state index contributed by atoms with van der Waals surface area (Å²) in [4.78, 5) is 16.6. The number of methoxy groups -OCH3 is 1. The van der Waals surface area contributed by atoms with Crippen LogP contribution in [-0.4, -0.2) is 43.0 Å². The zero-order valence-corrected chi connectivity index (χ0v) is 21.9. The number of fused-ring (bicyclic) bond motifs is 1. The number of carbonyl (C=O) groups excluding carboxylic acids is 1. The topological polar surface area (TPSA) is 147 Å². The van der Waals surface area contributed by atoms with Crippen molar-refractivity contribution in [3.63, 3.8) is 0 Å². The number of nitriles is 1. The zero-order chi connectivity index (χ0) is 28.7. The average molecular weight is 590 g/mol.